The summed E-state index contributed by atoms with van der Waals surface area (Å²) in [7, 11) is 1.40. The molecule has 1 aromatic rings. The van der Waals surface area contributed by atoms with Crippen molar-refractivity contribution >= 4 is 29.3 Å². The van der Waals surface area contributed by atoms with Gasteiger partial charge in [0.15, 0.2) is 0 Å². The Hall–Kier alpha value is -1.75. The van der Waals surface area contributed by atoms with Gasteiger partial charge in [-0.1, -0.05) is 17.7 Å². The number of rotatable bonds is 3. The predicted octanol–water partition coefficient (Wildman–Crippen LogP) is 2.20. The maximum Gasteiger partial charge on any atom is 0.323 e. The van der Waals surface area contributed by atoms with E-state index in [0.717, 1.165) is 10.5 Å². The predicted molar refractivity (Wildman–Crippen MR) is 65.5 cm³/mol. The summed E-state index contributed by atoms with van der Waals surface area (Å²) in [4.78, 5) is 23.0. The number of urea groups is 1. The minimum atomic E-state index is -1.07. The van der Waals surface area contributed by atoms with Crippen LogP contribution in [0, 0.1) is 6.92 Å². The van der Waals surface area contributed by atoms with Crippen molar-refractivity contribution in [3.8, 4) is 0 Å². The number of aryl methyl sites for hydroxylation is 1. The van der Waals surface area contributed by atoms with Gasteiger partial charge in [-0.05, 0) is 24.6 Å². The summed E-state index contributed by atoms with van der Waals surface area (Å²) in [5.41, 5.74) is 1.44. The number of nitrogens with zero attached hydrogens (tertiary/aromatic N) is 1. The van der Waals surface area contributed by atoms with Gasteiger partial charge < -0.3 is 15.3 Å². The first kappa shape index (κ1) is 13.3. The van der Waals surface area contributed by atoms with Crippen LogP contribution >= 0.6 is 11.6 Å². The summed E-state index contributed by atoms with van der Waals surface area (Å²) in [6.45, 7) is 1.50. The van der Waals surface area contributed by atoms with E-state index in [-0.39, 0.29) is 6.54 Å². The molecular weight excluding hydrogens is 244 g/mol. The summed E-state index contributed by atoms with van der Waals surface area (Å²) in [6.07, 6.45) is 0. The first-order valence-corrected chi connectivity index (χ1v) is 5.28. The molecule has 0 atom stereocenters. The van der Waals surface area contributed by atoms with E-state index in [4.69, 9.17) is 16.7 Å². The van der Waals surface area contributed by atoms with E-state index in [1.165, 1.54) is 7.05 Å². The van der Waals surface area contributed by atoms with Gasteiger partial charge >= 0.3 is 12.0 Å². The molecule has 0 aliphatic rings. The van der Waals surface area contributed by atoms with E-state index in [1.54, 1.807) is 18.2 Å². The van der Waals surface area contributed by atoms with Crippen molar-refractivity contribution in [1.29, 1.82) is 0 Å². The number of amides is 2. The number of carbonyl (C=O) groups is 2. The highest BCUT2D eigenvalue weighted by Gasteiger charge is 2.12. The molecule has 0 saturated carbocycles. The van der Waals surface area contributed by atoms with Crippen LogP contribution < -0.4 is 5.32 Å². The van der Waals surface area contributed by atoms with Crippen LogP contribution in [-0.2, 0) is 4.79 Å². The van der Waals surface area contributed by atoms with Crippen LogP contribution in [0.4, 0.5) is 10.5 Å². The Morgan fingerprint density at radius 3 is 2.65 bits per heavy atom. The second-order valence-corrected chi connectivity index (χ2v) is 4.05. The minimum absolute atomic E-state index is 0.356. The lowest BCUT2D eigenvalue weighted by atomic mass is 10.2. The Morgan fingerprint density at radius 1 is 1.47 bits per heavy atom. The molecule has 0 heterocycles. The fourth-order valence-corrected chi connectivity index (χ4v) is 1.34. The Bertz CT molecular complexity index is 448. The number of halogens is 1. The third-order valence-corrected chi connectivity index (χ3v) is 2.55. The zero-order valence-electron chi connectivity index (χ0n) is 9.53. The monoisotopic (exact) mass is 256 g/mol. The van der Waals surface area contributed by atoms with Crippen molar-refractivity contribution in [3.63, 3.8) is 0 Å². The highest BCUT2D eigenvalue weighted by atomic mass is 35.5. The van der Waals surface area contributed by atoms with Gasteiger partial charge in [-0.15, -0.1) is 0 Å². The van der Waals surface area contributed by atoms with Crippen molar-refractivity contribution in [2.24, 2.45) is 0 Å². The Labute approximate surface area is 104 Å². The molecule has 0 aromatic heterocycles. The van der Waals surface area contributed by atoms with Crippen LogP contribution in [0.2, 0.25) is 5.02 Å². The van der Waals surface area contributed by atoms with Gasteiger partial charge in [0.25, 0.3) is 0 Å². The normalized spacial score (nSPS) is 9.82. The summed E-state index contributed by atoms with van der Waals surface area (Å²) in [5, 5.41) is 11.6. The molecule has 2 amide bonds. The Kier molecular flexibility index (Phi) is 4.34. The SMILES string of the molecule is Cc1ccc(NC(=O)N(C)CC(=O)O)cc1Cl. The molecule has 0 saturated heterocycles. The van der Waals surface area contributed by atoms with Crippen LogP contribution in [0.1, 0.15) is 5.56 Å². The van der Waals surface area contributed by atoms with E-state index in [9.17, 15) is 9.59 Å². The van der Waals surface area contributed by atoms with Crippen LogP contribution in [0.3, 0.4) is 0 Å². The van der Waals surface area contributed by atoms with Crippen molar-refractivity contribution in [2.45, 2.75) is 6.92 Å². The zero-order chi connectivity index (χ0) is 13.0. The first-order chi connectivity index (χ1) is 7.90. The minimum Gasteiger partial charge on any atom is -0.480 e. The lowest BCUT2D eigenvalue weighted by Gasteiger charge is -2.15. The van der Waals surface area contributed by atoms with Crippen LogP contribution in [0.15, 0.2) is 18.2 Å². The molecule has 2 N–H and O–H groups in total. The molecule has 0 bridgehead atoms. The van der Waals surface area contributed by atoms with E-state index in [2.05, 4.69) is 5.32 Å². The Morgan fingerprint density at radius 2 is 2.12 bits per heavy atom. The molecule has 0 fully saturated rings. The average molecular weight is 257 g/mol. The highest BCUT2D eigenvalue weighted by Crippen LogP contribution is 2.20. The summed E-state index contributed by atoms with van der Waals surface area (Å²) in [6, 6.07) is 4.60. The van der Waals surface area contributed by atoms with E-state index < -0.39 is 12.0 Å². The molecule has 92 valence electrons. The smallest absolute Gasteiger partial charge is 0.323 e. The van der Waals surface area contributed by atoms with Crippen LogP contribution in [0.5, 0.6) is 0 Å². The third-order valence-electron chi connectivity index (χ3n) is 2.14. The number of carboxylic acids is 1. The molecule has 0 spiro atoms. The standard InChI is InChI=1S/C11H13ClN2O3/c1-7-3-4-8(5-9(7)12)13-11(17)14(2)6-10(15)16/h3-5H,6H2,1-2H3,(H,13,17)(H,15,16). The number of aliphatic carboxylic acids is 1. The van der Waals surface area contributed by atoms with Crippen molar-refractivity contribution in [1.82, 2.24) is 4.90 Å². The van der Waals surface area contributed by atoms with Crippen LogP contribution in [0.25, 0.3) is 0 Å². The molecule has 5 nitrogen and oxygen atoms in total. The highest BCUT2D eigenvalue weighted by molar-refractivity contribution is 6.31. The fraction of sp³-hybridized carbons (Fsp3) is 0.273. The van der Waals surface area contributed by atoms with Crippen molar-refractivity contribution < 1.29 is 14.7 Å². The summed E-state index contributed by atoms with van der Waals surface area (Å²) >= 11 is 5.90. The van der Waals surface area contributed by atoms with Gasteiger partial charge in [-0.25, -0.2) is 4.79 Å². The number of likely N-dealkylation sites (N-methyl/N-ethyl adjacent to an activating group) is 1. The van der Waals surface area contributed by atoms with E-state index in [0.29, 0.717) is 10.7 Å². The average Bonchev–Trinajstić information content (AvgIpc) is 2.22. The fourth-order valence-electron chi connectivity index (χ4n) is 1.16. The maximum absolute atomic E-state index is 11.6. The Balaban J connectivity index is 2.67. The molecule has 1 aromatic carbocycles. The molecule has 0 aliphatic carbocycles. The van der Waals surface area contributed by atoms with Gasteiger partial charge in [-0.2, -0.15) is 0 Å². The zero-order valence-corrected chi connectivity index (χ0v) is 10.3. The van der Waals surface area contributed by atoms with Crippen LogP contribution in [-0.4, -0.2) is 35.6 Å². The topological polar surface area (TPSA) is 69.6 Å². The molecule has 0 aliphatic heterocycles. The second-order valence-electron chi connectivity index (χ2n) is 3.64. The second kappa shape index (κ2) is 5.54. The number of carboxylic acid groups (broad SMARTS) is 1. The molecule has 0 radical (unpaired) electrons. The lowest BCUT2D eigenvalue weighted by molar-refractivity contribution is -0.137. The molecular formula is C11H13ClN2O3. The van der Waals surface area contributed by atoms with Gasteiger partial charge in [0.2, 0.25) is 0 Å². The van der Waals surface area contributed by atoms with Gasteiger partial charge in [-0.3, -0.25) is 4.79 Å². The molecule has 0 unspecified atom stereocenters. The molecule has 1 rings (SSSR count). The van der Waals surface area contributed by atoms with Crippen molar-refractivity contribution in [2.75, 3.05) is 18.9 Å². The number of carbonyl (C=O) groups excluding carboxylic acids is 1. The van der Waals surface area contributed by atoms with E-state index >= 15 is 0 Å². The lowest BCUT2D eigenvalue weighted by Crippen LogP contribution is -2.35. The molecule has 6 heteroatoms. The quantitative estimate of drug-likeness (QED) is 0.871. The van der Waals surface area contributed by atoms with E-state index in [1.807, 2.05) is 6.92 Å². The number of hydrogen-bond acceptors (Lipinski definition) is 2. The van der Waals surface area contributed by atoms with Crippen molar-refractivity contribution in [3.05, 3.63) is 28.8 Å². The number of hydrogen-bond donors (Lipinski definition) is 2. The summed E-state index contributed by atoms with van der Waals surface area (Å²) < 4.78 is 0. The van der Waals surface area contributed by atoms with Gasteiger partial charge in [0.1, 0.15) is 6.54 Å². The molecule has 17 heavy (non-hydrogen) atoms. The summed E-state index contributed by atoms with van der Waals surface area (Å²) in [5.74, 6) is -1.07. The van der Waals surface area contributed by atoms with Gasteiger partial charge in [0.05, 0.1) is 0 Å². The van der Waals surface area contributed by atoms with Gasteiger partial charge in [0, 0.05) is 17.8 Å². The first-order valence-electron chi connectivity index (χ1n) is 4.90. The largest absolute Gasteiger partial charge is 0.480 e. The third kappa shape index (κ3) is 3.96. The number of benzene rings is 1. The maximum atomic E-state index is 11.6. The number of anilines is 1. The number of nitrogens with one attached hydrogen (secondary N) is 1.